The molecule has 0 radical (unpaired) electrons. The average Bonchev–Trinajstić information content (AvgIpc) is 2.73. The van der Waals surface area contributed by atoms with E-state index in [-0.39, 0.29) is 0 Å². The van der Waals surface area contributed by atoms with E-state index in [0.29, 0.717) is 6.79 Å². The van der Waals surface area contributed by atoms with E-state index < -0.39 is 0 Å². The van der Waals surface area contributed by atoms with Gasteiger partial charge in [-0.05, 0) is 6.07 Å². The SMILES string of the molecule is Cl/C=C/CNCc1cccc2c1OCO2. The molecule has 0 saturated heterocycles. The van der Waals surface area contributed by atoms with Crippen LogP contribution in [0.2, 0.25) is 0 Å². The van der Waals surface area contributed by atoms with Gasteiger partial charge in [-0.3, -0.25) is 0 Å². The zero-order valence-corrected chi connectivity index (χ0v) is 8.96. The summed E-state index contributed by atoms with van der Waals surface area (Å²) in [4.78, 5) is 0. The van der Waals surface area contributed by atoms with Crippen LogP contribution < -0.4 is 14.8 Å². The van der Waals surface area contributed by atoms with Crippen molar-refractivity contribution in [2.45, 2.75) is 6.54 Å². The standard InChI is InChI=1S/C11H12ClNO2/c12-5-2-6-13-7-9-3-1-4-10-11(9)15-8-14-10/h1-5,13H,6-8H2/b5-2+. The second-order valence-electron chi connectivity index (χ2n) is 3.14. The first-order chi connectivity index (χ1) is 7.42. The maximum Gasteiger partial charge on any atom is 0.231 e. The number of rotatable bonds is 4. The maximum absolute atomic E-state index is 5.41. The molecule has 0 spiro atoms. The predicted molar refractivity (Wildman–Crippen MR) is 59.3 cm³/mol. The second kappa shape index (κ2) is 5.05. The molecule has 0 atom stereocenters. The van der Waals surface area contributed by atoms with Crippen molar-refractivity contribution in [3.05, 3.63) is 35.4 Å². The van der Waals surface area contributed by atoms with Crippen LogP contribution in [-0.2, 0) is 6.54 Å². The van der Waals surface area contributed by atoms with Gasteiger partial charge in [0.05, 0.1) is 0 Å². The largest absolute Gasteiger partial charge is 0.454 e. The summed E-state index contributed by atoms with van der Waals surface area (Å²) >= 11 is 5.41. The number of benzene rings is 1. The molecule has 1 aliphatic heterocycles. The summed E-state index contributed by atoms with van der Waals surface area (Å²) in [6.45, 7) is 1.80. The Morgan fingerprint density at radius 3 is 3.20 bits per heavy atom. The van der Waals surface area contributed by atoms with Crippen LogP contribution in [0.1, 0.15) is 5.56 Å². The van der Waals surface area contributed by atoms with E-state index in [0.717, 1.165) is 30.2 Å². The van der Waals surface area contributed by atoms with Crippen molar-refractivity contribution in [1.82, 2.24) is 5.32 Å². The molecule has 0 aliphatic carbocycles. The van der Waals surface area contributed by atoms with Gasteiger partial charge in [0.15, 0.2) is 11.5 Å². The summed E-state index contributed by atoms with van der Waals surface area (Å²) in [5.74, 6) is 1.67. The topological polar surface area (TPSA) is 30.5 Å². The molecule has 15 heavy (non-hydrogen) atoms. The minimum Gasteiger partial charge on any atom is -0.454 e. The Balaban J connectivity index is 1.99. The first-order valence-corrected chi connectivity index (χ1v) is 5.19. The smallest absolute Gasteiger partial charge is 0.231 e. The third kappa shape index (κ3) is 2.43. The molecule has 0 aromatic heterocycles. The Hall–Kier alpha value is -1.19. The third-order valence-electron chi connectivity index (χ3n) is 2.14. The van der Waals surface area contributed by atoms with Crippen LogP contribution in [0.15, 0.2) is 29.8 Å². The lowest BCUT2D eigenvalue weighted by molar-refractivity contribution is 0.173. The van der Waals surface area contributed by atoms with Gasteiger partial charge >= 0.3 is 0 Å². The van der Waals surface area contributed by atoms with E-state index >= 15 is 0 Å². The van der Waals surface area contributed by atoms with Gasteiger partial charge in [-0.15, -0.1) is 0 Å². The zero-order chi connectivity index (χ0) is 10.5. The lowest BCUT2D eigenvalue weighted by Crippen LogP contribution is -2.13. The van der Waals surface area contributed by atoms with Crippen molar-refractivity contribution in [2.24, 2.45) is 0 Å². The number of nitrogens with one attached hydrogen (secondary N) is 1. The molecule has 4 heteroatoms. The van der Waals surface area contributed by atoms with Gasteiger partial charge in [-0.25, -0.2) is 0 Å². The van der Waals surface area contributed by atoms with Gasteiger partial charge in [0, 0.05) is 24.2 Å². The highest BCUT2D eigenvalue weighted by Crippen LogP contribution is 2.34. The normalized spacial score (nSPS) is 13.7. The lowest BCUT2D eigenvalue weighted by Gasteiger charge is -2.05. The van der Waals surface area contributed by atoms with E-state index in [1.54, 1.807) is 0 Å². The molecule has 1 heterocycles. The van der Waals surface area contributed by atoms with Crippen LogP contribution in [0.3, 0.4) is 0 Å². The number of halogens is 1. The Bertz CT molecular complexity index is 366. The van der Waals surface area contributed by atoms with Gasteiger partial charge in [-0.2, -0.15) is 0 Å². The molecule has 1 aromatic carbocycles. The molecule has 3 nitrogen and oxygen atoms in total. The van der Waals surface area contributed by atoms with Gasteiger partial charge in [0.25, 0.3) is 0 Å². The molecular formula is C11H12ClNO2. The summed E-state index contributed by atoms with van der Waals surface area (Å²) < 4.78 is 10.7. The summed E-state index contributed by atoms with van der Waals surface area (Å²) in [6.07, 6.45) is 1.85. The Morgan fingerprint density at radius 1 is 1.40 bits per heavy atom. The molecule has 1 N–H and O–H groups in total. The first-order valence-electron chi connectivity index (χ1n) is 4.75. The number of para-hydroxylation sites is 1. The van der Waals surface area contributed by atoms with Gasteiger partial charge in [-0.1, -0.05) is 29.8 Å². The van der Waals surface area contributed by atoms with E-state index in [2.05, 4.69) is 5.32 Å². The highest BCUT2D eigenvalue weighted by Gasteiger charge is 2.16. The highest BCUT2D eigenvalue weighted by atomic mass is 35.5. The number of hydrogen-bond donors (Lipinski definition) is 1. The Morgan fingerprint density at radius 2 is 2.33 bits per heavy atom. The minimum atomic E-state index is 0.313. The van der Waals surface area contributed by atoms with E-state index in [4.69, 9.17) is 21.1 Å². The van der Waals surface area contributed by atoms with Gasteiger partial charge in [0.2, 0.25) is 6.79 Å². The van der Waals surface area contributed by atoms with Crippen molar-refractivity contribution in [3.63, 3.8) is 0 Å². The molecule has 2 rings (SSSR count). The van der Waals surface area contributed by atoms with Crippen molar-refractivity contribution < 1.29 is 9.47 Å². The monoisotopic (exact) mass is 225 g/mol. The van der Waals surface area contributed by atoms with Gasteiger partial charge in [0.1, 0.15) is 0 Å². The maximum atomic E-state index is 5.41. The van der Waals surface area contributed by atoms with Crippen LogP contribution in [0.5, 0.6) is 11.5 Å². The van der Waals surface area contributed by atoms with E-state index in [1.165, 1.54) is 5.54 Å². The fraction of sp³-hybridized carbons (Fsp3) is 0.273. The second-order valence-corrected chi connectivity index (χ2v) is 3.40. The predicted octanol–water partition coefficient (Wildman–Crippen LogP) is 2.26. The molecule has 0 fully saturated rings. The molecule has 1 aromatic rings. The Labute approximate surface area is 93.6 Å². The molecule has 0 saturated carbocycles. The lowest BCUT2D eigenvalue weighted by atomic mass is 10.2. The first kappa shape index (κ1) is 10.3. The van der Waals surface area contributed by atoms with Crippen molar-refractivity contribution in [2.75, 3.05) is 13.3 Å². The molecular weight excluding hydrogens is 214 g/mol. The zero-order valence-electron chi connectivity index (χ0n) is 8.20. The van der Waals surface area contributed by atoms with Gasteiger partial charge < -0.3 is 14.8 Å². The minimum absolute atomic E-state index is 0.313. The van der Waals surface area contributed by atoms with Crippen LogP contribution in [0.25, 0.3) is 0 Å². The summed E-state index contributed by atoms with van der Waals surface area (Å²) in [5, 5.41) is 3.23. The Kier molecular flexibility index (Phi) is 3.48. The fourth-order valence-electron chi connectivity index (χ4n) is 1.46. The number of hydrogen-bond acceptors (Lipinski definition) is 3. The van der Waals surface area contributed by atoms with E-state index in [9.17, 15) is 0 Å². The highest BCUT2D eigenvalue weighted by molar-refractivity contribution is 6.25. The third-order valence-corrected chi connectivity index (χ3v) is 2.32. The van der Waals surface area contributed by atoms with Crippen molar-refractivity contribution >= 4 is 11.6 Å². The molecule has 0 unspecified atom stereocenters. The summed E-state index contributed by atoms with van der Waals surface area (Å²) in [7, 11) is 0. The van der Waals surface area contributed by atoms with Crippen LogP contribution in [0.4, 0.5) is 0 Å². The van der Waals surface area contributed by atoms with Crippen LogP contribution >= 0.6 is 11.6 Å². The molecule has 80 valence electrons. The molecule has 0 bridgehead atoms. The quantitative estimate of drug-likeness (QED) is 0.798. The fourth-order valence-corrected chi connectivity index (χ4v) is 1.55. The van der Waals surface area contributed by atoms with Crippen LogP contribution in [0, 0.1) is 0 Å². The molecule has 1 aliphatic rings. The number of ether oxygens (including phenoxy) is 2. The van der Waals surface area contributed by atoms with Crippen LogP contribution in [-0.4, -0.2) is 13.3 Å². The average molecular weight is 226 g/mol. The summed E-state index contributed by atoms with van der Waals surface area (Å²) in [6, 6.07) is 5.89. The van der Waals surface area contributed by atoms with E-state index in [1.807, 2.05) is 24.3 Å². The molecule has 0 amide bonds. The van der Waals surface area contributed by atoms with Crippen molar-refractivity contribution in [3.8, 4) is 11.5 Å². The van der Waals surface area contributed by atoms with Crippen molar-refractivity contribution in [1.29, 1.82) is 0 Å². The number of fused-ring (bicyclic) bond motifs is 1. The summed E-state index contributed by atoms with van der Waals surface area (Å²) in [5.41, 5.74) is 2.61.